The standard InChI is InChI=1S/C63H104O6/c1-4-7-10-13-16-19-22-25-27-28-29-30-31-32-33-34-35-36-37-39-41-44-47-50-53-56-62(65)68-59-60(58-67-61(64)55-52-49-46-43-40-24-21-18-15-12-9-6-3)69-63(66)57-54-51-48-45-42-38-26-23-20-17-14-11-8-5-2/h7,10,14,16-19,21,23,25-27,29-30,32-33,35-36,60H,4-6,8-9,11-13,15,20,22,24,28,31,34,37-59H2,1-3H3/b10-7-,17-14-,19-16-,21-18-,26-23-,27-25-,30-29-,33-32-,36-35-. The number of carbonyl (C=O) groups is 3. The van der Waals surface area contributed by atoms with Gasteiger partial charge in [-0.3, -0.25) is 14.4 Å². The molecule has 392 valence electrons. The van der Waals surface area contributed by atoms with Gasteiger partial charge in [-0.1, -0.05) is 220 Å². The summed E-state index contributed by atoms with van der Waals surface area (Å²) >= 11 is 0. The van der Waals surface area contributed by atoms with Crippen molar-refractivity contribution in [1.82, 2.24) is 0 Å². The highest BCUT2D eigenvalue weighted by Crippen LogP contribution is 2.14. The van der Waals surface area contributed by atoms with Crippen molar-refractivity contribution < 1.29 is 28.6 Å². The molecule has 0 saturated carbocycles. The van der Waals surface area contributed by atoms with Crippen molar-refractivity contribution in [2.24, 2.45) is 0 Å². The highest BCUT2D eigenvalue weighted by Gasteiger charge is 2.19. The molecule has 0 aliphatic carbocycles. The third-order valence-electron chi connectivity index (χ3n) is 11.7. The predicted molar refractivity (Wildman–Crippen MR) is 297 cm³/mol. The number of allylic oxidation sites excluding steroid dienone is 18. The third kappa shape index (κ3) is 54.9. The van der Waals surface area contributed by atoms with Gasteiger partial charge in [-0.05, 0) is 122 Å². The number of hydrogen-bond donors (Lipinski definition) is 0. The Hall–Kier alpha value is -3.93. The van der Waals surface area contributed by atoms with E-state index >= 15 is 0 Å². The van der Waals surface area contributed by atoms with Gasteiger partial charge >= 0.3 is 17.9 Å². The molecule has 0 aromatic carbocycles. The first-order valence-electron chi connectivity index (χ1n) is 28.4. The number of esters is 3. The lowest BCUT2D eigenvalue weighted by Crippen LogP contribution is -2.30. The highest BCUT2D eigenvalue weighted by atomic mass is 16.6. The zero-order chi connectivity index (χ0) is 50.0. The molecule has 0 aliphatic heterocycles. The Morgan fingerprint density at radius 3 is 0.942 bits per heavy atom. The molecule has 6 nitrogen and oxygen atoms in total. The third-order valence-corrected chi connectivity index (χ3v) is 11.7. The molecule has 0 aromatic rings. The van der Waals surface area contributed by atoms with E-state index in [1.807, 2.05) is 0 Å². The van der Waals surface area contributed by atoms with Crippen LogP contribution in [0.4, 0.5) is 0 Å². The summed E-state index contributed by atoms with van der Waals surface area (Å²) in [6, 6.07) is 0. The smallest absolute Gasteiger partial charge is 0.306 e. The lowest BCUT2D eigenvalue weighted by Gasteiger charge is -2.18. The number of rotatable bonds is 50. The monoisotopic (exact) mass is 957 g/mol. The van der Waals surface area contributed by atoms with Gasteiger partial charge in [-0.15, -0.1) is 0 Å². The molecule has 0 radical (unpaired) electrons. The first kappa shape index (κ1) is 65.1. The molecule has 1 atom stereocenters. The van der Waals surface area contributed by atoms with Crippen LogP contribution in [0.3, 0.4) is 0 Å². The average molecular weight is 958 g/mol. The molecular formula is C63H104O6. The van der Waals surface area contributed by atoms with Gasteiger partial charge in [0.1, 0.15) is 13.2 Å². The fraction of sp³-hybridized carbons (Fsp3) is 0.667. The number of unbranched alkanes of at least 4 members (excludes halogenated alkanes) is 21. The van der Waals surface area contributed by atoms with Crippen LogP contribution in [-0.4, -0.2) is 37.2 Å². The molecular weight excluding hydrogens is 853 g/mol. The van der Waals surface area contributed by atoms with Gasteiger partial charge in [0.15, 0.2) is 6.10 Å². The van der Waals surface area contributed by atoms with Crippen LogP contribution in [0, 0.1) is 0 Å². The summed E-state index contributed by atoms with van der Waals surface area (Å²) in [5.74, 6) is -0.933. The van der Waals surface area contributed by atoms with Crippen molar-refractivity contribution in [3.63, 3.8) is 0 Å². The van der Waals surface area contributed by atoms with E-state index in [4.69, 9.17) is 14.2 Å². The maximum atomic E-state index is 12.8. The minimum Gasteiger partial charge on any atom is -0.462 e. The van der Waals surface area contributed by atoms with Crippen molar-refractivity contribution in [2.45, 2.75) is 258 Å². The fourth-order valence-corrected chi connectivity index (χ4v) is 7.46. The summed E-state index contributed by atoms with van der Waals surface area (Å²) in [6.45, 7) is 6.42. The van der Waals surface area contributed by atoms with Crippen molar-refractivity contribution in [3.8, 4) is 0 Å². The molecule has 6 heteroatoms. The highest BCUT2D eigenvalue weighted by molar-refractivity contribution is 5.71. The predicted octanol–water partition coefficient (Wildman–Crippen LogP) is 19.1. The first-order chi connectivity index (χ1) is 34.0. The normalized spacial score (nSPS) is 12.9. The maximum Gasteiger partial charge on any atom is 0.306 e. The molecule has 0 spiro atoms. The topological polar surface area (TPSA) is 78.9 Å². The Bertz CT molecular complexity index is 1420. The summed E-state index contributed by atoms with van der Waals surface area (Å²) in [7, 11) is 0. The molecule has 0 aromatic heterocycles. The van der Waals surface area contributed by atoms with Crippen LogP contribution < -0.4 is 0 Å². The first-order valence-corrected chi connectivity index (χ1v) is 28.4. The van der Waals surface area contributed by atoms with Crippen molar-refractivity contribution in [2.75, 3.05) is 13.2 Å². The second-order valence-corrected chi connectivity index (χ2v) is 18.5. The summed E-state index contributed by atoms with van der Waals surface area (Å²) in [5, 5.41) is 0. The molecule has 0 bridgehead atoms. The van der Waals surface area contributed by atoms with E-state index < -0.39 is 6.10 Å². The Balaban J connectivity index is 4.37. The number of hydrogen-bond acceptors (Lipinski definition) is 6. The van der Waals surface area contributed by atoms with Gasteiger partial charge in [0.2, 0.25) is 0 Å². The number of carbonyl (C=O) groups excluding carboxylic acids is 3. The van der Waals surface area contributed by atoms with Crippen molar-refractivity contribution in [1.29, 1.82) is 0 Å². The van der Waals surface area contributed by atoms with E-state index in [0.717, 1.165) is 148 Å². The summed E-state index contributed by atoms with van der Waals surface area (Å²) < 4.78 is 16.8. The Kier molecular flexibility index (Phi) is 53.4. The van der Waals surface area contributed by atoms with E-state index in [1.54, 1.807) is 0 Å². The van der Waals surface area contributed by atoms with Crippen LogP contribution in [0.2, 0.25) is 0 Å². The van der Waals surface area contributed by atoms with Gasteiger partial charge in [0.05, 0.1) is 0 Å². The molecule has 69 heavy (non-hydrogen) atoms. The minimum atomic E-state index is -0.796. The molecule has 0 saturated heterocycles. The summed E-state index contributed by atoms with van der Waals surface area (Å²) in [6.07, 6.45) is 76.5. The van der Waals surface area contributed by atoms with Crippen LogP contribution in [0.1, 0.15) is 252 Å². The van der Waals surface area contributed by atoms with Crippen molar-refractivity contribution in [3.05, 3.63) is 109 Å². The molecule has 1 unspecified atom stereocenters. The molecule has 0 N–H and O–H groups in total. The van der Waals surface area contributed by atoms with Gasteiger partial charge < -0.3 is 14.2 Å². The van der Waals surface area contributed by atoms with E-state index in [0.29, 0.717) is 19.3 Å². The van der Waals surface area contributed by atoms with E-state index in [-0.39, 0.29) is 31.1 Å². The largest absolute Gasteiger partial charge is 0.462 e. The zero-order valence-electron chi connectivity index (χ0n) is 44.8. The van der Waals surface area contributed by atoms with Crippen LogP contribution in [0.15, 0.2) is 109 Å². The Labute approximate surface area is 425 Å². The second kappa shape index (κ2) is 56.7. The lowest BCUT2D eigenvalue weighted by molar-refractivity contribution is -0.167. The minimum absolute atomic E-state index is 0.0942. The fourth-order valence-electron chi connectivity index (χ4n) is 7.46. The van der Waals surface area contributed by atoms with E-state index in [1.165, 1.54) is 64.2 Å². The van der Waals surface area contributed by atoms with Gasteiger partial charge in [-0.2, -0.15) is 0 Å². The SMILES string of the molecule is CC/C=C\C/C=C\C/C=C\C/C=C\C/C=C\C/C=C\CCCCCCCCC(=O)OCC(COC(=O)CCCCCCC/C=C\CCCCC)OC(=O)CCCCCCC/C=C\C/C=C\CCCC. The maximum absolute atomic E-state index is 12.8. The molecule has 0 aliphatic rings. The van der Waals surface area contributed by atoms with E-state index in [9.17, 15) is 14.4 Å². The van der Waals surface area contributed by atoms with Crippen LogP contribution in [-0.2, 0) is 28.6 Å². The van der Waals surface area contributed by atoms with Crippen molar-refractivity contribution >= 4 is 17.9 Å². The van der Waals surface area contributed by atoms with Gasteiger partial charge in [-0.25, -0.2) is 0 Å². The quantitative estimate of drug-likeness (QED) is 0.0262. The Morgan fingerprint density at radius 1 is 0.304 bits per heavy atom. The molecule has 0 heterocycles. The van der Waals surface area contributed by atoms with Gasteiger partial charge in [0.25, 0.3) is 0 Å². The van der Waals surface area contributed by atoms with Crippen LogP contribution >= 0.6 is 0 Å². The Morgan fingerprint density at radius 2 is 0.580 bits per heavy atom. The molecule has 0 fully saturated rings. The summed E-state index contributed by atoms with van der Waals surface area (Å²) in [4.78, 5) is 38.1. The molecule has 0 amide bonds. The van der Waals surface area contributed by atoms with Crippen LogP contribution in [0.5, 0.6) is 0 Å². The molecule has 0 rings (SSSR count). The zero-order valence-corrected chi connectivity index (χ0v) is 44.8. The number of ether oxygens (including phenoxy) is 3. The van der Waals surface area contributed by atoms with Crippen LogP contribution in [0.25, 0.3) is 0 Å². The second-order valence-electron chi connectivity index (χ2n) is 18.5. The lowest BCUT2D eigenvalue weighted by atomic mass is 10.1. The summed E-state index contributed by atoms with van der Waals surface area (Å²) in [5.41, 5.74) is 0. The van der Waals surface area contributed by atoms with E-state index in [2.05, 4.69) is 130 Å². The van der Waals surface area contributed by atoms with Gasteiger partial charge in [0, 0.05) is 19.3 Å². The average Bonchev–Trinajstić information content (AvgIpc) is 3.35.